The number of likely N-dealkylation sites (tertiary alicyclic amines) is 1. The van der Waals surface area contributed by atoms with Crippen molar-refractivity contribution >= 4 is 17.5 Å². The molecule has 1 fully saturated rings. The second-order valence-electron chi connectivity index (χ2n) is 8.89. The molecular weight excluding hydrogens is 422 g/mol. The van der Waals surface area contributed by atoms with Crippen LogP contribution in [0.15, 0.2) is 55.0 Å². The van der Waals surface area contributed by atoms with Gasteiger partial charge in [0, 0.05) is 47.9 Å². The molecule has 3 heterocycles. The van der Waals surface area contributed by atoms with E-state index in [2.05, 4.69) is 40.7 Å². The van der Waals surface area contributed by atoms with Crippen molar-refractivity contribution in [2.24, 2.45) is 5.92 Å². The number of ether oxygens (including phenoxy) is 1. The van der Waals surface area contributed by atoms with Crippen LogP contribution in [0.3, 0.4) is 0 Å². The third kappa shape index (κ3) is 4.26. The molecule has 0 bridgehead atoms. The average molecular weight is 450 g/mol. The van der Waals surface area contributed by atoms with Gasteiger partial charge in [0.05, 0.1) is 19.0 Å². The largest absolute Gasteiger partial charge is 0.493 e. The number of amides is 1. The zero-order chi connectivity index (χ0) is 22.1. The predicted octanol–water partition coefficient (Wildman–Crippen LogP) is 5.20. The van der Waals surface area contributed by atoms with Crippen LogP contribution in [0.5, 0.6) is 5.75 Å². The Morgan fingerprint density at radius 2 is 2.00 bits per heavy atom. The van der Waals surface area contributed by atoms with Crippen molar-refractivity contribution in [3.05, 3.63) is 82.4 Å². The summed E-state index contributed by atoms with van der Waals surface area (Å²) in [6.07, 6.45) is 7.24. The molecule has 1 amide bonds. The number of hydrogen-bond donors (Lipinski definition) is 0. The van der Waals surface area contributed by atoms with Crippen molar-refractivity contribution in [3.8, 4) is 5.75 Å². The summed E-state index contributed by atoms with van der Waals surface area (Å²) in [5, 5.41) is 0.685. The molecule has 2 aliphatic heterocycles. The van der Waals surface area contributed by atoms with E-state index >= 15 is 0 Å². The van der Waals surface area contributed by atoms with Crippen molar-refractivity contribution in [3.63, 3.8) is 0 Å². The summed E-state index contributed by atoms with van der Waals surface area (Å²) >= 11 is 6.23. The zero-order valence-corrected chi connectivity index (χ0v) is 19.1. The fourth-order valence-corrected chi connectivity index (χ4v) is 5.10. The van der Waals surface area contributed by atoms with E-state index in [1.54, 1.807) is 0 Å². The first-order valence-corrected chi connectivity index (χ1v) is 11.7. The van der Waals surface area contributed by atoms with E-state index in [-0.39, 0.29) is 17.9 Å². The number of rotatable bonds is 6. The molecule has 0 N–H and O–H groups in total. The van der Waals surface area contributed by atoms with E-state index in [1.807, 2.05) is 35.6 Å². The Hall–Kier alpha value is -2.79. The lowest BCUT2D eigenvalue weighted by Gasteiger charge is -2.33. The van der Waals surface area contributed by atoms with Gasteiger partial charge in [-0.2, -0.15) is 0 Å². The quantitative estimate of drug-likeness (QED) is 0.519. The van der Waals surface area contributed by atoms with Gasteiger partial charge in [-0.05, 0) is 49.9 Å². The molecule has 2 atom stereocenters. The molecule has 1 unspecified atom stereocenters. The summed E-state index contributed by atoms with van der Waals surface area (Å²) in [6.45, 7) is 4.33. The van der Waals surface area contributed by atoms with Crippen molar-refractivity contribution in [1.82, 2.24) is 14.5 Å². The number of benzene rings is 2. The van der Waals surface area contributed by atoms with Gasteiger partial charge in [-0.1, -0.05) is 41.4 Å². The summed E-state index contributed by atoms with van der Waals surface area (Å²) in [5.74, 6) is 1.16. The minimum atomic E-state index is 0.0574. The first-order chi connectivity index (χ1) is 15.6. The number of aryl methyl sites for hydroxylation is 2. The smallest absolute Gasteiger partial charge is 0.226 e. The number of imidazole rings is 1. The van der Waals surface area contributed by atoms with Gasteiger partial charge in [-0.3, -0.25) is 4.79 Å². The van der Waals surface area contributed by atoms with Crippen LogP contribution in [0.4, 0.5) is 0 Å². The minimum absolute atomic E-state index is 0.0574. The van der Waals surface area contributed by atoms with Crippen LogP contribution in [0.2, 0.25) is 5.02 Å². The highest BCUT2D eigenvalue weighted by atomic mass is 35.5. The molecule has 5 rings (SSSR count). The molecule has 0 aliphatic carbocycles. The summed E-state index contributed by atoms with van der Waals surface area (Å²) in [7, 11) is 0. The first-order valence-electron chi connectivity index (χ1n) is 11.4. The van der Waals surface area contributed by atoms with E-state index in [4.69, 9.17) is 16.3 Å². The van der Waals surface area contributed by atoms with Crippen molar-refractivity contribution in [2.45, 2.75) is 45.2 Å². The number of halogens is 1. The number of carbonyl (C=O) groups is 1. The number of aromatic nitrogens is 2. The Labute approximate surface area is 194 Å². The highest BCUT2D eigenvalue weighted by molar-refractivity contribution is 6.30. The Bertz CT molecular complexity index is 1110. The lowest BCUT2D eigenvalue weighted by atomic mass is 9.98. The van der Waals surface area contributed by atoms with Crippen LogP contribution in [0.25, 0.3) is 0 Å². The molecule has 166 valence electrons. The zero-order valence-electron chi connectivity index (χ0n) is 18.3. The number of hydrogen-bond acceptors (Lipinski definition) is 3. The molecule has 2 aromatic carbocycles. The van der Waals surface area contributed by atoms with Gasteiger partial charge in [0.2, 0.25) is 5.91 Å². The molecule has 6 heteroatoms. The molecule has 0 saturated carbocycles. The van der Waals surface area contributed by atoms with E-state index < -0.39 is 0 Å². The second kappa shape index (κ2) is 8.99. The Morgan fingerprint density at radius 1 is 1.16 bits per heavy atom. The van der Waals surface area contributed by atoms with Crippen LogP contribution in [-0.2, 0) is 17.8 Å². The lowest BCUT2D eigenvalue weighted by molar-refractivity contribution is -0.133. The Morgan fingerprint density at radius 3 is 2.84 bits per heavy atom. The molecule has 2 aliphatic rings. The highest BCUT2D eigenvalue weighted by Gasteiger charge is 2.38. The molecule has 1 saturated heterocycles. The normalized spacial score (nSPS) is 20.3. The van der Waals surface area contributed by atoms with Crippen LogP contribution < -0.4 is 4.74 Å². The maximum atomic E-state index is 13.3. The maximum absolute atomic E-state index is 13.3. The van der Waals surface area contributed by atoms with Crippen LogP contribution in [0, 0.1) is 12.8 Å². The van der Waals surface area contributed by atoms with Crippen molar-refractivity contribution < 1.29 is 9.53 Å². The second-order valence-corrected chi connectivity index (χ2v) is 9.33. The van der Waals surface area contributed by atoms with Gasteiger partial charge in [0.1, 0.15) is 5.75 Å². The van der Waals surface area contributed by atoms with Gasteiger partial charge < -0.3 is 14.2 Å². The van der Waals surface area contributed by atoms with Gasteiger partial charge in [0.25, 0.3) is 0 Å². The number of carbonyl (C=O) groups excluding carboxylic acids is 1. The Balaban J connectivity index is 1.24. The van der Waals surface area contributed by atoms with Crippen molar-refractivity contribution in [1.29, 1.82) is 0 Å². The van der Waals surface area contributed by atoms with E-state index in [1.165, 1.54) is 16.8 Å². The van der Waals surface area contributed by atoms with Gasteiger partial charge in [-0.15, -0.1) is 0 Å². The highest BCUT2D eigenvalue weighted by Crippen LogP contribution is 2.40. The molecule has 0 spiro atoms. The van der Waals surface area contributed by atoms with E-state index in [0.717, 1.165) is 50.1 Å². The van der Waals surface area contributed by atoms with Gasteiger partial charge >= 0.3 is 0 Å². The SMILES string of the molecule is Cc1ccc(Cn2cncc2CC[C@H]2CCN(C3CCOc4ccc(Cl)cc43)C2=O)cc1. The predicted molar refractivity (Wildman–Crippen MR) is 125 cm³/mol. The monoisotopic (exact) mass is 449 g/mol. The fraction of sp³-hybridized carbons (Fsp3) is 0.385. The van der Waals surface area contributed by atoms with Crippen LogP contribution >= 0.6 is 11.6 Å². The summed E-state index contributed by atoms with van der Waals surface area (Å²) in [5.41, 5.74) is 4.74. The average Bonchev–Trinajstić information content (AvgIpc) is 3.39. The molecule has 32 heavy (non-hydrogen) atoms. The molecule has 1 aromatic heterocycles. The lowest BCUT2D eigenvalue weighted by Crippen LogP contribution is -2.35. The fourth-order valence-electron chi connectivity index (χ4n) is 4.92. The number of nitrogens with zero attached hydrogens (tertiary/aromatic N) is 3. The molecule has 5 nitrogen and oxygen atoms in total. The molecule has 0 radical (unpaired) electrons. The third-order valence-corrected chi connectivity index (χ3v) is 6.96. The third-order valence-electron chi connectivity index (χ3n) is 6.73. The van der Waals surface area contributed by atoms with Crippen LogP contribution in [-0.4, -0.2) is 33.5 Å². The topological polar surface area (TPSA) is 47.4 Å². The standard InChI is InChI=1S/C26H28ClN3O2/c1-18-2-4-19(5-3-18)16-29-17-28-15-22(29)8-6-20-10-12-30(26(20)31)24-11-13-32-25-9-7-21(27)14-23(24)25/h2-5,7,9,14-15,17,20,24H,6,8,10-13,16H2,1H3/t20-,24?/m0/s1. The minimum Gasteiger partial charge on any atom is -0.493 e. The van der Waals surface area contributed by atoms with Crippen LogP contribution in [0.1, 0.15) is 47.7 Å². The summed E-state index contributed by atoms with van der Waals surface area (Å²) < 4.78 is 7.98. The van der Waals surface area contributed by atoms with E-state index in [9.17, 15) is 4.79 Å². The van der Waals surface area contributed by atoms with Gasteiger partial charge in [-0.25, -0.2) is 4.98 Å². The number of fused-ring (bicyclic) bond motifs is 1. The summed E-state index contributed by atoms with van der Waals surface area (Å²) in [4.78, 5) is 19.7. The Kier molecular flexibility index (Phi) is 5.92. The van der Waals surface area contributed by atoms with Crippen molar-refractivity contribution in [2.75, 3.05) is 13.2 Å². The van der Waals surface area contributed by atoms with E-state index in [0.29, 0.717) is 11.6 Å². The van der Waals surface area contributed by atoms with Gasteiger partial charge in [0.15, 0.2) is 0 Å². The summed E-state index contributed by atoms with van der Waals surface area (Å²) in [6, 6.07) is 14.4. The molecular formula is C26H28ClN3O2. The molecule has 3 aromatic rings. The maximum Gasteiger partial charge on any atom is 0.226 e. The first kappa shape index (κ1) is 21.1.